The van der Waals surface area contributed by atoms with Crippen LogP contribution >= 0.6 is 0 Å². The summed E-state index contributed by atoms with van der Waals surface area (Å²) >= 11 is 0. The highest BCUT2D eigenvalue weighted by Crippen LogP contribution is 2.16. The number of aromatic amines is 1. The van der Waals surface area contributed by atoms with E-state index >= 15 is 0 Å². The Kier molecular flexibility index (Phi) is 5.14. The van der Waals surface area contributed by atoms with Gasteiger partial charge in [0.05, 0.1) is 6.04 Å². The van der Waals surface area contributed by atoms with Gasteiger partial charge in [0.15, 0.2) is 5.82 Å². The van der Waals surface area contributed by atoms with Crippen LogP contribution in [0, 0.1) is 0 Å². The first-order valence-electron chi connectivity index (χ1n) is 9.27. The summed E-state index contributed by atoms with van der Waals surface area (Å²) in [7, 11) is 0. The van der Waals surface area contributed by atoms with Crippen molar-refractivity contribution in [3.05, 3.63) is 72.1 Å². The molecule has 2 heterocycles. The van der Waals surface area contributed by atoms with Crippen LogP contribution in [-0.2, 0) is 11.2 Å². The van der Waals surface area contributed by atoms with Gasteiger partial charge in [0.1, 0.15) is 6.33 Å². The SMILES string of the molecule is O=C(NC1CC(=O)N(CCc2ccccc2)C1)c1ccc(-c2ncn[nH]2)cc1. The Bertz CT molecular complexity index is 939. The molecule has 0 radical (unpaired) electrons. The lowest BCUT2D eigenvalue weighted by Crippen LogP contribution is -2.37. The molecule has 2 N–H and O–H groups in total. The highest BCUT2D eigenvalue weighted by molar-refractivity contribution is 5.95. The first-order valence-corrected chi connectivity index (χ1v) is 9.27. The molecule has 1 fully saturated rings. The van der Waals surface area contributed by atoms with E-state index in [2.05, 4.69) is 32.6 Å². The molecule has 1 atom stereocenters. The van der Waals surface area contributed by atoms with Gasteiger partial charge in [0.2, 0.25) is 5.91 Å². The van der Waals surface area contributed by atoms with E-state index < -0.39 is 0 Å². The molecule has 7 heteroatoms. The van der Waals surface area contributed by atoms with Gasteiger partial charge < -0.3 is 10.2 Å². The topological polar surface area (TPSA) is 91.0 Å². The average Bonchev–Trinajstić information content (AvgIpc) is 3.37. The summed E-state index contributed by atoms with van der Waals surface area (Å²) in [6, 6.07) is 17.1. The van der Waals surface area contributed by atoms with Gasteiger partial charge >= 0.3 is 0 Å². The van der Waals surface area contributed by atoms with Crippen molar-refractivity contribution in [1.29, 1.82) is 0 Å². The summed E-state index contributed by atoms with van der Waals surface area (Å²) in [6.07, 6.45) is 2.60. The number of nitrogens with zero attached hydrogens (tertiary/aromatic N) is 3. The Hall–Kier alpha value is -3.48. The fourth-order valence-corrected chi connectivity index (χ4v) is 3.39. The van der Waals surface area contributed by atoms with E-state index in [0.717, 1.165) is 12.0 Å². The highest BCUT2D eigenvalue weighted by Gasteiger charge is 2.30. The molecular weight excluding hydrogens is 354 g/mol. The zero-order valence-electron chi connectivity index (χ0n) is 15.3. The fraction of sp³-hybridized carbons (Fsp3) is 0.238. The quantitative estimate of drug-likeness (QED) is 0.690. The third-order valence-corrected chi connectivity index (χ3v) is 4.90. The van der Waals surface area contributed by atoms with Crippen molar-refractivity contribution in [3.8, 4) is 11.4 Å². The van der Waals surface area contributed by atoms with Crippen molar-refractivity contribution in [1.82, 2.24) is 25.4 Å². The second-order valence-electron chi connectivity index (χ2n) is 6.86. The lowest BCUT2D eigenvalue weighted by Gasteiger charge is -2.17. The predicted molar refractivity (Wildman–Crippen MR) is 104 cm³/mol. The van der Waals surface area contributed by atoms with Crippen molar-refractivity contribution < 1.29 is 9.59 Å². The fourth-order valence-electron chi connectivity index (χ4n) is 3.39. The van der Waals surface area contributed by atoms with Gasteiger partial charge in [-0.2, -0.15) is 5.10 Å². The molecule has 4 rings (SSSR count). The molecule has 1 saturated heterocycles. The first-order chi connectivity index (χ1) is 13.7. The molecular formula is C21H21N5O2. The normalized spacial score (nSPS) is 16.4. The van der Waals surface area contributed by atoms with Crippen LogP contribution in [0.15, 0.2) is 60.9 Å². The van der Waals surface area contributed by atoms with Crippen molar-refractivity contribution in [3.63, 3.8) is 0 Å². The van der Waals surface area contributed by atoms with Gasteiger partial charge in [-0.15, -0.1) is 0 Å². The number of amides is 2. The van der Waals surface area contributed by atoms with Crippen molar-refractivity contribution >= 4 is 11.8 Å². The molecule has 1 aromatic heterocycles. The second kappa shape index (κ2) is 8.04. The van der Waals surface area contributed by atoms with E-state index in [1.807, 2.05) is 35.2 Å². The van der Waals surface area contributed by atoms with Crippen LogP contribution in [0.3, 0.4) is 0 Å². The second-order valence-corrected chi connectivity index (χ2v) is 6.86. The summed E-state index contributed by atoms with van der Waals surface area (Å²) < 4.78 is 0. The van der Waals surface area contributed by atoms with E-state index in [9.17, 15) is 9.59 Å². The van der Waals surface area contributed by atoms with Crippen LogP contribution < -0.4 is 5.32 Å². The number of H-pyrrole nitrogens is 1. The molecule has 7 nitrogen and oxygen atoms in total. The summed E-state index contributed by atoms with van der Waals surface area (Å²) in [5.74, 6) is 0.566. The van der Waals surface area contributed by atoms with E-state index in [-0.39, 0.29) is 17.9 Å². The maximum Gasteiger partial charge on any atom is 0.251 e. The van der Waals surface area contributed by atoms with Gasteiger partial charge in [0, 0.05) is 30.6 Å². The highest BCUT2D eigenvalue weighted by atomic mass is 16.2. The molecule has 0 spiro atoms. The Labute approximate surface area is 162 Å². The molecule has 142 valence electrons. The van der Waals surface area contributed by atoms with Crippen molar-refractivity contribution in [2.24, 2.45) is 0 Å². The standard InChI is InChI=1S/C21H21N5O2/c27-19-12-18(13-26(19)11-10-15-4-2-1-3-5-15)24-21(28)17-8-6-16(7-9-17)20-22-14-23-25-20/h1-9,14,18H,10-13H2,(H,24,28)(H,22,23,25). The Morgan fingerprint density at radius 3 is 2.64 bits per heavy atom. The third kappa shape index (κ3) is 4.09. The van der Waals surface area contributed by atoms with Crippen LogP contribution in [0.5, 0.6) is 0 Å². The van der Waals surface area contributed by atoms with Crippen LogP contribution in [0.1, 0.15) is 22.3 Å². The zero-order chi connectivity index (χ0) is 19.3. The smallest absolute Gasteiger partial charge is 0.251 e. The molecule has 28 heavy (non-hydrogen) atoms. The summed E-state index contributed by atoms with van der Waals surface area (Å²) in [6.45, 7) is 1.22. The lowest BCUT2D eigenvalue weighted by molar-refractivity contribution is -0.127. The number of benzene rings is 2. The van der Waals surface area contributed by atoms with Crippen LogP contribution in [0.2, 0.25) is 0 Å². The van der Waals surface area contributed by atoms with Gasteiger partial charge in [-0.1, -0.05) is 42.5 Å². The third-order valence-electron chi connectivity index (χ3n) is 4.90. The molecule has 1 unspecified atom stereocenters. The average molecular weight is 375 g/mol. The van der Waals surface area contributed by atoms with Gasteiger partial charge in [-0.05, 0) is 24.1 Å². The van der Waals surface area contributed by atoms with E-state index in [0.29, 0.717) is 30.9 Å². The molecule has 2 amide bonds. The Morgan fingerprint density at radius 2 is 1.93 bits per heavy atom. The molecule has 0 saturated carbocycles. The monoisotopic (exact) mass is 375 g/mol. The number of carbonyl (C=O) groups excluding carboxylic acids is 2. The van der Waals surface area contributed by atoms with Crippen LogP contribution in [0.25, 0.3) is 11.4 Å². The maximum absolute atomic E-state index is 12.5. The van der Waals surface area contributed by atoms with Gasteiger partial charge in [-0.3, -0.25) is 14.7 Å². The molecule has 1 aliphatic heterocycles. The lowest BCUT2D eigenvalue weighted by atomic mass is 10.1. The Morgan fingerprint density at radius 1 is 1.14 bits per heavy atom. The summed E-state index contributed by atoms with van der Waals surface area (Å²) in [4.78, 5) is 30.7. The van der Waals surface area contributed by atoms with Crippen LogP contribution in [-0.4, -0.2) is 51.0 Å². The summed E-state index contributed by atoms with van der Waals surface area (Å²) in [5.41, 5.74) is 2.62. The largest absolute Gasteiger partial charge is 0.347 e. The number of likely N-dealkylation sites (tertiary alicyclic amines) is 1. The molecule has 0 bridgehead atoms. The Balaban J connectivity index is 1.31. The predicted octanol–water partition coefficient (Wildman–Crippen LogP) is 2.05. The number of hydrogen-bond acceptors (Lipinski definition) is 4. The number of nitrogens with one attached hydrogen (secondary N) is 2. The molecule has 3 aromatic rings. The molecule has 2 aromatic carbocycles. The van der Waals surface area contributed by atoms with E-state index in [1.54, 1.807) is 12.1 Å². The van der Waals surface area contributed by atoms with E-state index in [4.69, 9.17) is 0 Å². The van der Waals surface area contributed by atoms with Gasteiger partial charge in [0.25, 0.3) is 5.91 Å². The minimum Gasteiger partial charge on any atom is -0.347 e. The molecule has 0 aliphatic carbocycles. The maximum atomic E-state index is 12.5. The number of carbonyl (C=O) groups is 2. The minimum absolute atomic E-state index is 0.0851. The number of rotatable bonds is 6. The van der Waals surface area contributed by atoms with Gasteiger partial charge in [-0.25, -0.2) is 4.98 Å². The van der Waals surface area contributed by atoms with E-state index in [1.165, 1.54) is 11.9 Å². The van der Waals surface area contributed by atoms with Crippen LogP contribution in [0.4, 0.5) is 0 Å². The number of hydrogen-bond donors (Lipinski definition) is 2. The first kappa shape index (κ1) is 17.9. The zero-order valence-corrected chi connectivity index (χ0v) is 15.3. The molecule has 1 aliphatic rings. The minimum atomic E-state index is -0.174. The van der Waals surface area contributed by atoms with Crippen molar-refractivity contribution in [2.45, 2.75) is 18.9 Å². The number of aromatic nitrogens is 3. The van der Waals surface area contributed by atoms with Crippen molar-refractivity contribution in [2.75, 3.05) is 13.1 Å². The summed E-state index contributed by atoms with van der Waals surface area (Å²) in [5, 5.41) is 9.58.